The predicted molar refractivity (Wildman–Crippen MR) is 108 cm³/mol. The summed E-state index contributed by atoms with van der Waals surface area (Å²) in [6.45, 7) is 1.86. The molecular weight excluding hydrogens is 372 g/mol. The Bertz CT molecular complexity index is 1200. The van der Waals surface area contributed by atoms with Crippen molar-refractivity contribution >= 4 is 16.9 Å². The van der Waals surface area contributed by atoms with Crippen molar-refractivity contribution in [2.24, 2.45) is 5.73 Å². The normalized spacial score (nSPS) is 15.6. The first-order valence-electron chi connectivity index (χ1n) is 9.19. The fourth-order valence-corrected chi connectivity index (χ4v) is 3.69. The second-order valence-corrected chi connectivity index (χ2v) is 6.52. The van der Waals surface area contributed by atoms with Crippen LogP contribution < -0.4 is 20.8 Å². The van der Waals surface area contributed by atoms with Crippen LogP contribution in [-0.4, -0.2) is 24.7 Å². The summed E-state index contributed by atoms with van der Waals surface area (Å²) in [4.78, 5) is 28.8. The average molecular weight is 392 g/mol. The standard InChI is InChI=1S/C22H20N2O5/c1-3-28-22(26)18-16(13-9-5-7-11-15(13)27-2)17-19(29-20(18)23)12-8-4-6-10-14(12)24-21(17)25/h4-11,16H,3,23H2,1-2H3,(H,24,25)/t16-/m1/s1. The molecule has 1 atom stereocenters. The number of carbonyl (C=O) groups is 1. The number of methoxy groups -OCH3 is 1. The van der Waals surface area contributed by atoms with Crippen LogP contribution in [0.15, 0.2) is 64.8 Å². The van der Waals surface area contributed by atoms with Gasteiger partial charge in [0.25, 0.3) is 5.56 Å². The number of para-hydroxylation sites is 2. The lowest BCUT2D eigenvalue weighted by molar-refractivity contribution is -0.139. The van der Waals surface area contributed by atoms with Crippen LogP contribution in [0.3, 0.4) is 0 Å². The number of pyridine rings is 1. The number of fused-ring (bicyclic) bond motifs is 3. The van der Waals surface area contributed by atoms with E-state index in [-0.39, 0.29) is 29.2 Å². The van der Waals surface area contributed by atoms with Crippen molar-refractivity contribution in [3.63, 3.8) is 0 Å². The molecule has 2 heterocycles. The number of esters is 1. The number of hydrogen-bond acceptors (Lipinski definition) is 6. The topological polar surface area (TPSA) is 104 Å². The molecular formula is C22H20N2O5. The van der Waals surface area contributed by atoms with E-state index >= 15 is 0 Å². The van der Waals surface area contributed by atoms with Gasteiger partial charge < -0.3 is 24.9 Å². The third-order valence-corrected chi connectivity index (χ3v) is 4.91. The zero-order valence-electron chi connectivity index (χ0n) is 16.0. The number of carbonyl (C=O) groups excluding carboxylic acids is 1. The second kappa shape index (κ2) is 7.35. The van der Waals surface area contributed by atoms with Crippen molar-refractivity contribution in [1.82, 2.24) is 4.98 Å². The fraction of sp³-hybridized carbons (Fsp3) is 0.182. The number of aromatic nitrogens is 1. The quantitative estimate of drug-likeness (QED) is 0.662. The number of rotatable bonds is 4. The highest BCUT2D eigenvalue weighted by molar-refractivity contribution is 5.95. The SMILES string of the molecule is CCOC(=O)C1=C(N)Oc2c(c(=O)[nH]c3ccccc23)[C@H]1c1ccccc1OC. The van der Waals surface area contributed by atoms with Crippen molar-refractivity contribution in [2.75, 3.05) is 13.7 Å². The Labute approximate surface area is 166 Å². The van der Waals surface area contributed by atoms with E-state index in [1.807, 2.05) is 24.3 Å². The highest BCUT2D eigenvalue weighted by Crippen LogP contribution is 2.45. The minimum Gasteiger partial charge on any atom is -0.496 e. The van der Waals surface area contributed by atoms with E-state index in [1.165, 1.54) is 7.11 Å². The van der Waals surface area contributed by atoms with E-state index in [0.29, 0.717) is 28.0 Å². The Morgan fingerprint density at radius 3 is 2.66 bits per heavy atom. The van der Waals surface area contributed by atoms with Crippen LogP contribution in [0.25, 0.3) is 10.9 Å². The molecule has 29 heavy (non-hydrogen) atoms. The molecule has 4 rings (SSSR count). The number of nitrogens with one attached hydrogen (secondary N) is 1. The summed E-state index contributed by atoms with van der Waals surface area (Å²) in [6.07, 6.45) is 0. The summed E-state index contributed by atoms with van der Waals surface area (Å²) in [5.74, 6) is -0.692. The smallest absolute Gasteiger partial charge is 0.340 e. The largest absolute Gasteiger partial charge is 0.496 e. The Morgan fingerprint density at radius 1 is 1.17 bits per heavy atom. The molecule has 1 aromatic heterocycles. The van der Waals surface area contributed by atoms with Gasteiger partial charge in [0.2, 0.25) is 5.88 Å². The van der Waals surface area contributed by atoms with E-state index in [1.54, 1.807) is 31.2 Å². The van der Waals surface area contributed by atoms with Gasteiger partial charge in [-0.1, -0.05) is 30.3 Å². The Kier molecular flexibility index (Phi) is 4.72. The lowest BCUT2D eigenvalue weighted by Crippen LogP contribution is -2.32. The lowest BCUT2D eigenvalue weighted by Gasteiger charge is -2.29. The molecule has 0 aliphatic carbocycles. The van der Waals surface area contributed by atoms with Gasteiger partial charge in [-0.3, -0.25) is 4.79 Å². The number of nitrogens with two attached hydrogens (primary N) is 1. The molecule has 0 saturated heterocycles. The number of aromatic amines is 1. The minimum absolute atomic E-state index is 0.0737. The summed E-state index contributed by atoms with van der Waals surface area (Å²) in [5.41, 5.74) is 7.40. The van der Waals surface area contributed by atoms with Gasteiger partial charge in [0, 0.05) is 10.9 Å². The van der Waals surface area contributed by atoms with Gasteiger partial charge in [0.1, 0.15) is 17.1 Å². The first-order valence-corrected chi connectivity index (χ1v) is 9.19. The molecule has 0 spiro atoms. The van der Waals surface area contributed by atoms with Crippen molar-refractivity contribution in [3.8, 4) is 11.5 Å². The third kappa shape index (κ3) is 3.00. The molecule has 148 valence electrons. The Morgan fingerprint density at radius 2 is 1.90 bits per heavy atom. The molecule has 7 nitrogen and oxygen atoms in total. The molecule has 0 unspecified atom stereocenters. The predicted octanol–water partition coefficient (Wildman–Crippen LogP) is 2.79. The molecule has 1 aliphatic rings. The van der Waals surface area contributed by atoms with Gasteiger partial charge in [-0.05, 0) is 25.1 Å². The average Bonchev–Trinajstić information content (AvgIpc) is 2.73. The molecule has 0 fully saturated rings. The van der Waals surface area contributed by atoms with Gasteiger partial charge in [-0.15, -0.1) is 0 Å². The van der Waals surface area contributed by atoms with Crippen molar-refractivity contribution in [3.05, 3.63) is 81.5 Å². The van der Waals surface area contributed by atoms with Gasteiger partial charge >= 0.3 is 5.97 Å². The number of benzene rings is 2. The van der Waals surface area contributed by atoms with Crippen molar-refractivity contribution in [1.29, 1.82) is 0 Å². The van der Waals surface area contributed by atoms with Gasteiger partial charge in [0.05, 0.1) is 30.7 Å². The molecule has 3 N–H and O–H groups in total. The summed E-state index contributed by atoms with van der Waals surface area (Å²) >= 11 is 0. The molecule has 7 heteroatoms. The molecule has 0 bridgehead atoms. The van der Waals surface area contributed by atoms with Gasteiger partial charge in [-0.25, -0.2) is 4.79 Å². The van der Waals surface area contributed by atoms with Crippen LogP contribution in [0.5, 0.6) is 11.5 Å². The molecule has 0 amide bonds. The zero-order chi connectivity index (χ0) is 20.5. The van der Waals surface area contributed by atoms with Crippen molar-refractivity contribution in [2.45, 2.75) is 12.8 Å². The van der Waals surface area contributed by atoms with Crippen LogP contribution in [0.1, 0.15) is 24.0 Å². The van der Waals surface area contributed by atoms with E-state index < -0.39 is 11.9 Å². The maximum Gasteiger partial charge on any atom is 0.340 e. The zero-order valence-corrected chi connectivity index (χ0v) is 16.0. The van der Waals surface area contributed by atoms with Gasteiger partial charge in [0.15, 0.2) is 0 Å². The summed E-state index contributed by atoms with van der Waals surface area (Å²) in [6, 6.07) is 14.4. The molecule has 2 aromatic carbocycles. The minimum atomic E-state index is -0.803. The first-order chi connectivity index (χ1) is 14.1. The van der Waals surface area contributed by atoms with Crippen LogP contribution in [-0.2, 0) is 9.53 Å². The van der Waals surface area contributed by atoms with E-state index in [2.05, 4.69) is 4.98 Å². The monoisotopic (exact) mass is 392 g/mol. The highest BCUT2D eigenvalue weighted by atomic mass is 16.5. The van der Waals surface area contributed by atoms with Crippen LogP contribution in [0.2, 0.25) is 0 Å². The Balaban J connectivity index is 2.07. The van der Waals surface area contributed by atoms with Crippen LogP contribution in [0.4, 0.5) is 0 Å². The van der Waals surface area contributed by atoms with Crippen LogP contribution >= 0.6 is 0 Å². The van der Waals surface area contributed by atoms with Crippen LogP contribution in [0, 0.1) is 0 Å². The lowest BCUT2D eigenvalue weighted by atomic mass is 9.82. The fourth-order valence-electron chi connectivity index (χ4n) is 3.69. The third-order valence-electron chi connectivity index (χ3n) is 4.91. The van der Waals surface area contributed by atoms with E-state index in [0.717, 1.165) is 0 Å². The second-order valence-electron chi connectivity index (χ2n) is 6.52. The molecule has 0 radical (unpaired) electrons. The summed E-state index contributed by atoms with van der Waals surface area (Å²) in [7, 11) is 1.53. The maximum absolute atomic E-state index is 13.1. The Hall–Kier alpha value is -3.74. The summed E-state index contributed by atoms with van der Waals surface area (Å²) in [5, 5.41) is 0.688. The number of ether oxygens (including phenoxy) is 3. The molecule has 1 aliphatic heterocycles. The highest BCUT2D eigenvalue weighted by Gasteiger charge is 2.39. The maximum atomic E-state index is 13.1. The molecule has 0 saturated carbocycles. The van der Waals surface area contributed by atoms with Gasteiger partial charge in [-0.2, -0.15) is 0 Å². The molecule has 3 aromatic rings. The summed E-state index contributed by atoms with van der Waals surface area (Å²) < 4.78 is 16.5. The van der Waals surface area contributed by atoms with E-state index in [4.69, 9.17) is 19.9 Å². The van der Waals surface area contributed by atoms with E-state index in [9.17, 15) is 9.59 Å². The number of hydrogen-bond donors (Lipinski definition) is 2. The number of H-pyrrole nitrogens is 1. The first kappa shape index (κ1) is 18.6. The van der Waals surface area contributed by atoms with Crippen molar-refractivity contribution < 1.29 is 19.0 Å².